The van der Waals surface area contributed by atoms with Crippen molar-refractivity contribution in [3.63, 3.8) is 0 Å². The first-order valence-electron chi connectivity index (χ1n) is 6.67. The second-order valence-corrected chi connectivity index (χ2v) is 5.16. The molecule has 1 unspecified atom stereocenters. The number of hydrogen-bond donors (Lipinski definition) is 1. The van der Waals surface area contributed by atoms with Gasteiger partial charge in [-0.05, 0) is 24.6 Å². The van der Waals surface area contributed by atoms with Crippen molar-refractivity contribution in [1.29, 1.82) is 0 Å². The Morgan fingerprint density at radius 3 is 2.89 bits per heavy atom. The number of Topliss-reactive ketones (excluding diaryl/α,β-unsaturated/α-hetero) is 1. The standard InChI is InChI=1S/C17H17NO/c1-12-5-4-6-13(9-12)17(19)10-14-11-18-16-8-3-2-7-15(14)16/h2-9,14,18H,10-11H2,1H3. The molecule has 0 aromatic heterocycles. The van der Waals surface area contributed by atoms with Gasteiger partial charge in [-0.2, -0.15) is 0 Å². The van der Waals surface area contributed by atoms with Crippen molar-refractivity contribution in [2.75, 3.05) is 11.9 Å². The number of benzene rings is 2. The molecule has 2 aromatic rings. The molecule has 0 bridgehead atoms. The molecule has 1 atom stereocenters. The van der Waals surface area contributed by atoms with E-state index in [2.05, 4.69) is 17.4 Å². The van der Waals surface area contributed by atoms with Crippen molar-refractivity contribution in [3.05, 3.63) is 65.2 Å². The fourth-order valence-electron chi connectivity index (χ4n) is 2.70. The van der Waals surface area contributed by atoms with Crippen molar-refractivity contribution in [3.8, 4) is 0 Å². The zero-order chi connectivity index (χ0) is 13.2. The van der Waals surface area contributed by atoms with Gasteiger partial charge >= 0.3 is 0 Å². The first kappa shape index (κ1) is 12.0. The fourth-order valence-corrected chi connectivity index (χ4v) is 2.70. The maximum atomic E-state index is 12.3. The lowest BCUT2D eigenvalue weighted by Gasteiger charge is -2.09. The molecule has 0 radical (unpaired) electrons. The topological polar surface area (TPSA) is 29.1 Å². The zero-order valence-electron chi connectivity index (χ0n) is 11.0. The molecule has 2 aromatic carbocycles. The lowest BCUT2D eigenvalue weighted by atomic mass is 9.93. The highest BCUT2D eigenvalue weighted by molar-refractivity contribution is 5.97. The number of para-hydroxylation sites is 1. The van der Waals surface area contributed by atoms with E-state index in [1.807, 2.05) is 43.3 Å². The minimum atomic E-state index is 0.229. The van der Waals surface area contributed by atoms with Crippen LogP contribution in [-0.4, -0.2) is 12.3 Å². The van der Waals surface area contributed by atoms with Crippen LogP contribution in [0.1, 0.15) is 33.8 Å². The Morgan fingerprint density at radius 2 is 2.05 bits per heavy atom. The molecule has 0 saturated heterocycles. The molecule has 0 fully saturated rings. The van der Waals surface area contributed by atoms with E-state index in [4.69, 9.17) is 0 Å². The number of anilines is 1. The van der Waals surface area contributed by atoms with E-state index in [1.165, 1.54) is 11.3 Å². The summed E-state index contributed by atoms with van der Waals surface area (Å²) in [5.74, 6) is 0.524. The number of ketones is 1. The van der Waals surface area contributed by atoms with E-state index < -0.39 is 0 Å². The summed E-state index contributed by atoms with van der Waals surface area (Å²) < 4.78 is 0. The van der Waals surface area contributed by atoms with Crippen LogP contribution >= 0.6 is 0 Å². The Bertz CT molecular complexity index is 618. The number of fused-ring (bicyclic) bond motifs is 1. The highest BCUT2D eigenvalue weighted by atomic mass is 16.1. The van der Waals surface area contributed by atoms with E-state index in [-0.39, 0.29) is 5.78 Å². The minimum Gasteiger partial charge on any atom is -0.384 e. The summed E-state index contributed by atoms with van der Waals surface area (Å²) in [6, 6.07) is 16.1. The third kappa shape index (κ3) is 2.39. The van der Waals surface area contributed by atoms with Crippen molar-refractivity contribution in [2.45, 2.75) is 19.3 Å². The lowest BCUT2D eigenvalue weighted by molar-refractivity contribution is 0.0975. The molecule has 1 heterocycles. The van der Waals surface area contributed by atoms with E-state index in [1.54, 1.807) is 0 Å². The minimum absolute atomic E-state index is 0.229. The summed E-state index contributed by atoms with van der Waals surface area (Å²) in [6.45, 7) is 2.88. The summed E-state index contributed by atoms with van der Waals surface area (Å²) in [5.41, 5.74) is 4.40. The molecule has 1 aliphatic rings. The Morgan fingerprint density at radius 1 is 1.21 bits per heavy atom. The summed E-state index contributed by atoms with van der Waals surface area (Å²) in [7, 11) is 0. The van der Waals surface area contributed by atoms with Gasteiger partial charge in [0.1, 0.15) is 0 Å². The van der Waals surface area contributed by atoms with Crippen LogP contribution in [0.15, 0.2) is 48.5 Å². The average molecular weight is 251 g/mol. The van der Waals surface area contributed by atoms with Gasteiger partial charge in [0.2, 0.25) is 0 Å². The first-order chi connectivity index (χ1) is 9.24. The van der Waals surface area contributed by atoms with Gasteiger partial charge in [-0.3, -0.25) is 4.79 Å². The molecule has 1 N–H and O–H groups in total. The van der Waals surface area contributed by atoms with Gasteiger partial charge in [-0.1, -0.05) is 42.0 Å². The summed E-state index contributed by atoms with van der Waals surface area (Å²) in [5, 5.41) is 3.37. The van der Waals surface area contributed by atoms with Gasteiger partial charge in [-0.15, -0.1) is 0 Å². The van der Waals surface area contributed by atoms with Gasteiger partial charge in [0, 0.05) is 30.1 Å². The quantitative estimate of drug-likeness (QED) is 0.841. The van der Waals surface area contributed by atoms with E-state index in [0.717, 1.165) is 17.7 Å². The molecule has 19 heavy (non-hydrogen) atoms. The van der Waals surface area contributed by atoms with Crippen molar-refractivity contribution in [2.24, 2.45) is 0 Å². The van der Waals surface area contributed by atoms with Gasteiger partial charge in [0.15, 0.2) is 5.78 Å². The van der Waals surface area contributed by atoms with Crippen LogP contribution in [0.5, 0.6) is 0 Å². The molecule has 1 aliphatic heterocycles. The largest absolute Gasteiger partial charge is 0.384 e. The third-order valence-electron chi connectivity index (χ3n) is 3.71. The highest BCUT2D eigenvalue weighted by Crippen LogP contribution is 2.33. The van der Waals surface area contributed by atoms with Gasteiger partial charge in [-0.25, -0.2) is 0 Å². The van der Waals surface area contributed by atoms with E-state index in [9.17, 15) is 4.79 Å². The number of aryl methyl sites for hydroxylation is 1. The molecule has 3 rings (SSSR count). The summed E-state index contributed by atoms with van der Waals surface area (Å²) in [4.78, 5) is 12.3. The Hall–Kier alpha value is -2.09. The second kappa shape index (κ2) is 4.88. The predicted octanol–water partition coefficient (Wildman–Crippen LogP) is 3.78. The van der Waals surface area contributed by atoms with Crippen LogP contribution in [-0.2, 0) is 0 Å². The van der Waals surface area contributed by atoms with Gasteiger partial charge < -0.3 is 5.32 Å². The van der Waals surface area contributed by atoms with Crippen LogP contribution in [0.25, 0.3) is 0 Å². The molecule has 2 nitrogen and oxygen atoms in total. The second-order valence-electron chi connectivity index (χ2n) is 5.16. The first-order valence-corrected chi connectivity index (χ1v) is 6.67. The van der Waals surface area contributed by atoms with Crippen LogP contribution < -0.4 is 5.32 Å². The fraction of sp³-hybridized carbons (Fsp3) is 0.235. The lowest BCUT2D eigenvalue weighted by Crippen LogP contribution is -2.09. The van der Waals surface area contributed by atoms with Crippen molar-refractivity contribution >= 4 is 11.5 Å². The van der Waals surface area contributed by atoms with Crippen molar-refractivity contribution in [1.82, 2.24) is 0 Å². The molecular formula is C17H17NO. The van der Waals surface area contributed by atoms with Crippen LogP contribution in [0.3, 0.4) is 0 Å². The molecule has 0 spiro atoms. The number of carbonyl (C=O) groups is 1. The molecule has 0 saturated carbocycles. The molecule has 2 heteroatoms. The normalized spacial score (nSPS) is 16.8. The SMILES string of the molecule is Cc1cccc(C(=O)CC2CNc3ccccc32)c1. The van der Waals surface area contributed by atoms with Crippen LogP contribution in [0.4, 0.5) is 5.69 Å². The third-order valence-corrected chi connectivity index (χ3v) is 3.71. The number of rotatable bonds is 3. The van der Waals surface area contributed by atoms with Gasteiger partial charge in [0.05, 0.1) is 0 Å². The molecule has 0 aliphatic carbocycles. The molecular weight excluding hydrogens is 234 g/mol. The van der Waals surface area contributed by atoms with E-state index >= 15 is 0 Å². The number of nitrogens with one attached hydrogen (secondary N) is 1. The van der Waals surface area contributed by atoms with E-state index in [0.29, 0.717) is 12.3 Å². The maximum Gasteiger partial charge on any atom is 0.163 e. The molecule has 0 amide bonds. The smallest absolute Gasteiger partial charge is 0.163 e. The summed E-state index contributed by atoms with van der Waals surface area (Å²) in [6.07, 6.45) is 0.577. The Balaban J connectivity index is 1.78. The van der Waals surface area contributed by atoms with Crippen LogP contribution in [0, 0.1) is 6.92 Å². The Labute approximate surface area is 113 Å². The zero-order valence-corrected chi connectivity index (χ0v) is 11.0. The monoisotopic (exact) mass is 251 g/mol. The average Bonchev–Trinajstić information content (AvgIpc) is 2.82. The van der Waals surface area contributed by atoms with Crippen LogP contribution in [0.2, 0.25) is 0 Å². The molecule has 96 valence electrons. The highest BCUT2D eigenvalue weighted by Gasteiger charge is 2.24. The van der Waals surface area contributed by atoms with Gasteiger partial charge in [0.25, 0.3) is 0 Å². The number of hydrogen-bond acceptors (Lipinski definition) is 2. The summed E-state index contributed by atoms with van der Waals surface area (Å²) >= 11 is 0. The van der Waals surface area contributed by atoms with Crippen molar-refractivity contribution < 1.29 is 4.79 Å². The Kier molecular flexibility index (Phi) is 3.08. The predicted molar refractivity (Wildman–Crippen MR) is 77.8 cm³/mol. The maximum absolute atomic E-state index is 12.3. The number of carbonyl (C=O) groups excluding carboxylic acids is 1.